The van der Waals surface area contributed by atoms with Gasteiger partial charge in [-0.2, -0.15) is 26.3 Å². The maximum atomic E-state index is 12.8. The van der Waals surface area contributed by atoms with E-state index in [1.165, 1.54) is 12.1 Å². The van der Waals surface area contributed by atoms with Crippen molar-refractivity contribution < 1.29 is 26.3 Å². The summed E-state index contributed by atoms with van der Waals surface area (Å²) in [7, 11) is 0. The highest BCUT2D eigenvalue weighted by molar-refractivity contribution is 5.71. The van der Waals surface area contributed by atoms with Gasteiger partial charge >= 0.3 is 12.4 Å². The van der Waals surface area contributed by atoms with E-state index in [4.69, 9.17) is 11.5 Å². The van der Waals surface area contributed by atoms with E-state index in [-0.39, 0.29) is 11.4 Å². The highest BCUT2D eigenvalue weighted by atomic mass is 19.4. The van der Waals surface area contributed by atoms with Crippen LogP contribution in [0.25, 0.3) is 0 Å². The van der Waals surface area contributed by atoms with E-state index in [0.29, 0.717) is 37.6 Å². The predicted octanol–water partition coefficient (Wildman–Crippen LogP) is 4.22. The molecule has 0 saturated carbocycles. The van der Waals surface area contributed by atoms with Crippen molar-refractivity contribution in [2.24, 2.45) is 0 Å². The van der Waals surface area contributed by atoms with Crippen molar-refractivity contribution in [3.8, 4) is 0 Å². The zero-order valence-corrected chi connectivity index (χ0v) is 14.6. The normalized spacial score (nSPS) is 15.8. The van der Waals surface area contributed by atoms with E-state index in [0.717, 1.165) is 24.3 Å². The van der Waals surface area contributed by atoms with Crippen LogP contribution in [0, 0.1) is 0 Å². The molecule has 1 heterocycles. The van der Waals surface area contributed by atoms with Crippen LogP contribution in [0.4, 0.5) is 49.1 Å². The van der Waals surface area contributed by atoms with Crippen LogP contribution in [-0.4, -0.2) is 26.2 Å². The lowest BCUT2D eigenvalue weighted by molar-refractivity contribution is -0.138. The Labute approximate surface area is 157 Å². The Balaban J connectivity index is 1.71. The summed E-state index contributed by atoms with van der Waals surface area (Å²) in [5, 5.41) is 0. The van der Waals surface area contributed by atoms with Crippen LogP contribution in [0.15, 0.2) is 36.4 Å². The van der Waals surface area contributed by atoms with Gasteiger partial charge in [0.05, 0.1) is 33.9 Å². The third kappa shape index (κ3) is 4.05. The largest absolute Gasteiger partial charge is 0.416 e. The van der Waals surface area contributed by atoms with E-state index in [1.807, 2.05) is 9.80 Å². The molecule has 0 amide bonds. The molecule has 1 fully saturated rings. The summed E-state index contributed by atoms with van der Waals surface area (Å²) in [6.07, 6.45) is -8.93. The maximum absolute atomic E-state index is 12.8. The Morgan fingerprint density at radius 2 is 0.929 bits per heavy atom. The molecule has 1 aliphatic rings. The van der Waals surface area contributed by atoms with Crippen molar-refractivity contribution in [3.05, 3.63) is 47.5 Å². The highest BCUT2D eigenvalue weighted by Crippen LogP contribution is 2.36. The number of nitrogens with two attached hydrogens (primary N) is 2. The monoisotopic (exact) mass is 404 g/mol. The number of halogens is 6. The first kappa shape index (κ1) is 20.0. The summed E-state index contributed by atoms with van der Waals surface area (Å²) in [4.78, 5) is 3.68. The number of nitrogens with zero attached hydrogens (tertiary/aromatic N) is 2. The number of nitrogen functional groups attached to an aromatic ring is 2. The molecule has 152 valence electrons. The second kappa shape index (κ2) is 6.99. The van der Waals surface area contributed by atoms with Crippen molar-refractivity contribution in [2.45, 2.75) is 12.4 Å². The van der Waals surface area contributed by atoms with Gasteiger partial charge in [-0.05, 0) is 36.4 Å². The summed E-state index contributed by atoms with van der Waals surface area (Å²) in [6, 6.07) is 6.42. The summed E-state index contributed by atoms with van der Waals surface area (Å²) < 4.78 is 76.6. The maximum Gasteiger partial charge on any atom is 0.416 e. The van der Waals surface area contributed by atoms with Crippen molar-refractivity contribution in [1.29, 1.82) is 0 Å². The SMILES string of the molecule is Nc1cc(C(F)(F)F)ccc1N1CCN(c2ccc(C(F)(F)F)cc2N)CC1. The molecule has 1 aliphatic heterocycles. The molecule has 3 rings (SSSR count). The number of benzene rings is 2. The smallest absolute Gasteiger partial charge is 0.397 e. The molecular weight excluding hydrogens is 386 g/mol. The van der Waals surface area contributed by atoms with Crippen LogP contribution in [0.5, 0.6) is 0 Å². The molecular formula is C18H18F6N4. The van der Waals surface area contributed by atoms with E-state index < -0.39 is 23.5 Å². The summed E-state index contributed by atoms with van der Waals surface area (Å²) in [5.74, 6) is 0. The summed E-state index contributed by atoms with van der Waals surface area (Å²) in [5.41, 5.74) is 11.0. The molecule has 4 nitrogen and oxygen atoms in total. The fraction of sp³-hybridized carbons (Fsp3) is 0.333. The Kier molecular flexibility index (Phi) is 4.99. The number of hydrogen-bond acceptors (Lipinski definition) is 4. The Morgan fingerprint density at radius 3 is 1.18 bits per heavy atom. The topological polar surface area (TPSA) is 58.5 Å². The first-order chi connectivity index (χ1) is 13.0. The average Bonchev–Trinajstić information content (AvgIpc) is 2.60. The molecule has 1 saturated heterocycles. The Morgan fingerprint density at radius 1 is 0.607 bits per heavy atom. The van der Waals surface area contributed by atoms with Gasteiger partial charge in [-0.15, -0.1) is 0 Å². The van der Waals surface area contributed by atoms with Crippen LogP contribution in [0.1, 0.15) is 11.1 Å². The van der Waals surface area contributed by atoms with Crippen LogP contribution in [0.2, 0.25) is 0 Å². The molecule has 0 bridgehead atoms. The zero-order chi connectivity index (χ0) is 20.7. The first-order valence-corrected chi connectivity index (χ1v) is 8.40. The molecule has 0 aromatic heterocycles. The molecule has 2 aromatic rings. The average molecular weight is 404 g/mol. The minimum absolute atomic E-state index is 0.0253. The fourth-order valence-corrected chi connectivity index (χ4v) is 3.23. The second-order valence-electron chi connectivity index (χ2n) is 6.52. The Bertz CT molecular complexity index is 783. The molecule has 28 heavy (non-hydrogen) atoms. The summed E-state index contributed by atoms with van der Waals surface area (Å²) >= 11 is 0. The van der Waals surface area contributed by atoms with Crippen LogP contribution < -0.4 is 21.3 Å². The van der Waals surface area contributed by atoms with Crippen molar-refractivity contribution >= 4 is 22.7 Å². The first-order valence-electron chi connectivity index (χ1n) is 8.40. The van der Waals surface area contributed by atoms with Gasteiger partial charge in [0.25, 0.3) is 0 Å². The number of alkyl halides is 6. The molecule has 0 atom stereocenters. The lowest BCUT2D eigenvalue weighted by Crippen LogP contribution is -2.47. The van der Waals surface area contributed by atoms with Crippen LogP contribution in [-0.2, 0) is 12.4 Å². The van der Waals surface area contributed by atoms with E-state index >= 15 is 0 Å². The van der Waals surface area contributed by atoms with Gasteiger partial charge in [-0.25, -0.2) is 0 Å². The number of hydrogen-bond donors (Lipinski definition) is 2. The third-order valence-electron chi connectivity index (χ3n) is 4.67. The molecule has 0 radical (unpaired) electrons. The van der Waals surface area contributed by atoms with E-state index in [2.05, 4.69) is 0 Å². The van der Waals surface area contributed by atoms with Gasteiger partial charge < -0.3 is 21.3 Å². The minimum Gasteiger partial charge on any atom is -0.397 e. The molecule has 0 spiro atoms. The summed E-state index contributed by atoms with van der Waals surface area (Å²) in [6.45, 7) is 1.76. The lowest BCUT2D eigenvalue weighted by atomic mass is 10.1. The van der Waals surface area contributed by atoms with Crippen LogP contribution in [0.3, 0.4) is 0 Å². The van der Waals surface area contributed by atoms with Crippen LogP contribution >= 0.6 is 0 Å². The van der Waals surface area contributed by atoms with E-state index in [1.54, 1.807) is 0 Å². The molecule has 0 unspecified atom stereocenters. The Hall–Kier alpha value is -2.78. The van der Waals surface area contributed by atoms with Crippen molar-refractivity contribution in [1.82, 2.24) is 0 Å². The fourth-order valence-electron chi connectivity index (χ4n) is 3.23. The highest BCUT2D eigenvalue weighted by Gasteiger charge is 2.32. The lowest BCUT2D eigenvalue weighted by Gasteiger charge is -2.38. The number of anilines is 4. The standard InChI is InChI=1S/C18H18F6N4/c19-17(20,21)11-1-3-15(13(25)9-11)27-5-7-28(8-6-27)16-4-2-12(10-14(16)26)18(22,23)24/h1-4,9-10H,5-8,25-26H2. The number of rotatable bonds is 2. The van der Waals surface area contributed by atoms with Crippen molar-refractivity contribution in [3.63, 3.8) is 0 Å². The van der Waals surface area contributed by atoms with Gasteiger partial charge in [0, 0.05) is 26.2 Å². The zero-order valence-electron chi connectivity index (χ0n) is 14.6. The minimum atomic E-state index is -4.47. The molecule has 10 heteroatoms. The van der Waals surface area contributed by atoms with Crippen molar-refractivity contribution in [2.75, 3.05) is 47.4 Å². The van der Waals surface area contributed by atoms with Gasteiger partial charge in [-0.1, -0.05) is 0 Å². The third-order valence-corrected chi connectivity index (χ3v) is 4.67. The van der Waals surface area contributed by atoms with Gasteiger partial charge in [0.2, 0.25) is 0 Å². The van der Waals surface area contributed by atoms with Gasteiger partial charge in [-0.3, -0.25) is 0 Å². The van der Waals surface area contributed by atoms with Gasteiger partial charge in [0.15, 0.2) is 0 Å². The quantitative estimate of drug-likeness (QED) is 0.582. The molecule has 2 aromatic carbocycles. The number of piperazine rings is 1. The molecule has 4 N–H and O–H groups in total. The van der Waals surface area contributed by atoms with Gasteiger partial charge in [0.1, 0.15) is 0 Å². The molecule has 0 aliphatic carbocycles. The van der Waals surface area contributed by atoms with E-state index in [9.17, 15) is 26.3 Å². The predicted molar refractivity (Wildman–Crippen MR) is 96.1 cm³/mol. The second-order valence-corrected chi connectivity index (χ2v) is 6.52.